The van der Waals surface area contributed by atoms with Crippen molar-refractivity contribution in [2.45, 2.75) is 46.1 Å². The maximum atomic E-state index is 12.5. The number of nitrogens with one attached hydrogen (secondary N) is 1. The molecule has 0 heterocycles. The molecule has 28 heavy (non-hydrogen) atoms. The minimum Gasteiger partial charge on any atom is -0.493 e. The van der Waals surface area contributed by atoms with Crippen molar-refractivity contribution in [3.8, 4) is 17.2 Å². The maximum absolute atomic E-state index is 12.5. The Morgan fingerprint density at radius 1 is 1.04 bits per heavy atom. The Labute approximate surface area is 168 Å². The molecule has 1 atom stereocenters. The first-order valence-corrected chi connectivity index (χ1v) is 9.71. The molecule has 0 aliphatic rings. The Morgan fingerprint density at radius 2 is 1.79 bits per heavy atom. The van der Waals surface area contributed by atoms with E-state index in [9.17, 15) is 4.79 Å². The van der Waals surface area contributed by atoms with Gasteiger partial charge >= 0.3 is 0 Å². The van der Waals surface area contributed by atoms with Gasteiger partial charge in [0.15, 0.2) is 17.6 Å². The second-order valence-corrected chi connectivity index (χ2v) is 6.80. The van der Waals surface area contributed by atoms with Crippen molar-refractivity contribution in [1.82, 2.24) is 5.32 Å². The molecule has 0 saturated carbocycles. The molecule has 0 aromatic heterocycles. The van der Waals surface area contributed by atoms with Crippen LogP contribution in [0.4, 0.5) is 0 Å². The number of benzene rings is 2. The average Bonchev–Trinajstić information content (AvgIpc) is 2.71. The number of hydrogen-bond donors (Lipinski definition) is 1. The van der Waals surface area contributed by atoms with E-state index in [1.54, 1.807) is 14.2 Å². The van der Waals surface area contributed by atoms with Crippen LogP contribution in [0.1, 0.15) is 36.5 Å². The summed E-state index contributed by atoms with van der Waals surface area (Å²) in [6.07, 6.45) is 1.81. The average molecular weight is 386 g/mol. The van der Waals surface area contributed by atoms with Crippen molar-refractivity contribution in [3.63, 3.8) is 0 Å². The summed E-state index contributed by atoms with van der Waals surface area (Å²) in [5.41, 5.74) is 3.37. The molecule has 0 saturated heterocycles. The third-order valence-electron chi connectivity index (χ3n) is 4.88. The van der Waals surface area contributed by atoms with E-state index < -0.39 is 6.10 Å². The first kappa shape index (κ1) is 21.6. The fourth-order valence-electron chi connectivity index (χ4n) is 2.98. The minimum atomic E-state index is -0.485. The predicted molar refractivity (Wildman–Crippen MR) is 111 cm³/mol. The van der Waals surface area contributed by atoms with Crippen LogP contribution in [-0.2, 0) is 11.2 Å². The quantitative estimate of drug-likeness (QED) is 0.622. The van der Waals surface area contributed by atoms with E-state index in [0.717, 1.165) is 41.0 Å². The predicted octanol–water partition coefficient (Wildman–Crippen LogP) is 4.23. The van der Waals surface area contributed by atoms with E-state index in [-0.39, 0.29) is 5.91 Å². The van der Waals surface area contributed by atoms with E-state index in [0.29, 0.717) is 18.7 Å². The SMILES string of the molecule is CC[C@H](Oc1cccc(C)c1C)C(=O)NCCCc1ccc(OC)c(OC)c1. The van der Waals surface area contributed by atoms with Gasteiger partial charge in [-0.15, -0.1) is 0 Å². The highest BCUT2D eigenvalue weighted by Crippen LogP contribution is 2.28. The molecule has 0 aliphatic heterocycles. The van der Waals surface area contributed by atoms with E-state index in [4.69, 9.17) is 14.2 Å². The number of carbonyl (C=O) groups is 1. The lowest BCUT2D eigenvalue weighted by atomic mass is 10.1. The summed E-state index contributed by atoms with van der Waals surface area (Å²) in [7, 11) is 3.25. The zero-order chi connectivity index (χ0) is 20.5. The topological polar surface area (TPSA) is 56.8 Å². The van der Waals surface area contributed by atoms with Crippen LogP contribution in [0.25, 0.3) is 0 Å². The van der Waals surface area contributed by atoms with Gasteiger partial charge in [-0.05, 0) is 68.0 Å². The Balaban J connectivity index is 1.84. The van der Waals surface area contributed by atoms with Crippen LogP contribution in [0.3, 0.4) is 0 Å². The third kappa shape index (κ3) is 5.65. The molecular formula is C23H31NO4. The van der Waals surface area contributed by atoms with Crippen LogP contribution < -0.4 is 19.5 Å². The van der Waals surface area contributed by atoms with Gasteiger partial charge in [0.1, 0.15) is 5.75 Å². The fourth-order valence-corrected chi connectivity index (χ4v) is 2.98. The first-order valence-electron chi connectivity index (χ1n) is 9.71. The highest BCUT2D eigenvalue weighted by molar-refractivity contribution is 5.81. The summed E-state index contributed by atoms with van der Waals surface area (Å²) >= 11 is 0. The van der Waals surface area contributed by atoms with Crippen molar-refractivity contribution >= 4 is 5.91 Å². The number of rotatable bonds is 10. The normalized spacial score (nSPS) is 11.6. The van der Waals surface area contributed by atoms with E-state index >= 15 is 0 Å². The fraction of sp³-hybridized carbons (Fsp3) is 0.435. The monoisotopic (exact) mass is 385 g/mol. The maximum Gasteiger partial charge on any atom is 0.261 e. The van der Waals surface area contributed by atoms with Gasteiger partial charge < -0.3 is 19.5 Å². The van der Waals surface area contributed by atoms with Crippen molar-refractivity contribution in [3.05, 3.63) is 53.1 Å². The van der Waals surface area contributed by atoms with Gasteiger partial charge in [0.2, 0.25) is 0 Å². The number of ether oxygens (including phenoxy) is 3. The smallest absolute Gasteiger partial charge is 0.261 e. The molecule has 0 bridgehead atoms. The molecule has 0 aliphatic carbocycles. The number of methoxy groups -OCH3 is 2. The zero-order valence-corrected chi connectivity index (χ0v) is 17.5. The molecule has 1 N–H and O–H groups in total. The molecule has 0 radical (unpaired) electrons. The van der Waals surface area contributed by atoms with Crippen LogP contribution in [0.2, 0.25) is 0 Å². The first-order chi connectivity index (χ1) is 13.5. The molecule has 2 aromatic carbocycles. The van der Waals surface area contributed by atoms with Gasteiger partial charge in [0.05, 0.1) is 14.2 Å². The zero-order valence-electron chi connectivity index (χ0n) is 17.5. The standard InChI is InChI=1S/C23H31NO4/c1-6-19(28-20-11-7-9-16(2)17(20)3)23(25)24-14-8-10-18-12-13-21(26-4)22(15-18)27-5/h7,9,11-13,15,19H,6,8,10,14H2,1-5H3,(H,24,25)/t19-/m0/s1. The van der Waals surface area contributed by atoms with E-state index in [1.807, 2.05) is 57.2 Å². The molecule has 2 aromatic rings. The third-order valence-corrected chi connectivity index (χ3v) is 4.88. The van der Waals surface area contributed by atoms with Gasteiger partial charge in [-0.1, -0.05) is 25.1 Å². The molecular weight excluding hydrogens is 354 g/mol. The minimum absolute atomic E-state index is 0.0734. The number of hydrogen-bond acceptors (Lipinski definition) is 4. The van der Waals surface area contributed by atoms with Crippen molar-refractivity contribution < 1.29 is 19.0 Å². The van der Waals surface area contributed by atoms with E-state index in [1.165, 1.54) is 0 Å². The molecule has 5 heteroatoms. The van der Waals surface area contributed by atoms with Gasteiger partial charge in [0, 0.05) is 6.54 Å². The second kappa shape index (κ2) is 10.6. The lowest BCUT2D eigenvalue weighted by molar-refractivity contribution is -0.128. The van der Waals surface area contributed by atoms with Crippen molar-refractivity contribution in [2.75, 3.05) is 20.8 Å². The van der Waals surface area contributed by atoms with Crippen molar-refractivity contribution in [2.24, 2.45) is 0 Å². The van der Waals surface area contributed by atoms with Crippen LogP contribution in [0.5, 0.6) is 17.2 Å². The van der Waals surface area contributed by atoms with Crippen molar-refractivity contribution in [1.29, 1.82) is 0 Å². The number of aryl methyl sites for hydroxylation is 2. The van der Waals surface area contributed by atoms with Gasteiger partial charge in [-0.3, -0.25) is 4.79 Å². The van der Waals surface area contributed by atoms with Gasteiger partial charge in [-0.25, -0.2) is 0 Å². The van der Waals surface area contributed by atoms with E-state index in [2.05, 4.69) is 5.32 Å². The highest BCUT2D eigenvalue weighted by atomic mass is 16.5. The lowest BCUT2D eigenvalue weighted by Gasteiger charge is -2.19. The Bertz CT molecular complexity index is 788. The lowest BCUT2D eigenvalue weighted by Crippen LogP contribution is -2.38. The molecule has 152 valence electrons. The van der Waals surface area contributed by atoms with Crippen LogP contribution in [-0.4, -0.2) is 32.8 Å². The van der Waals surface area contributed by atoms with Gasteiger partial charge in [0.25, 0.3) is 5.91 Å². The van der Waals surface area contributed by atoms with Crippen LogP contribution in [0, 0.1) is 13.8 Å². The Morgan fingerprint density at radius 3 is 2.46 bits per heavy atom. The summed E-state index contributed by atoms with van der Waals surface area (Å²) in [6, 6.07) is 11.8. The molecule has 5 nitrogen and oxygen atoms in total. The number of carbonyl (C=O) groups excluding carboxylic acids is 1. The molecule has 1 amide bonds. The Kier molecular flexibility index (Phi) is 8.18. The largest absolute Gasteiger partial charge is 0.493 e. The Hall–Kier alpha value is -2.69. The molecule has 0 fully saturated rings. The summed E-state index contributed by atoms with van der Waals surface area (Å²) < 4.78 is 16.6. The molecule has 0 spiro atoms. The number of amides is 1. The summed E-state index contributed by atoms with van der Waals surface area (Å²) in [5.74, 6) is 2.13. The van der Waals surface area contributed by atoms with Gasteiger partial charge in [-0.2, -0.15) is 0 Å². The summed E-state index contributed by atoms with van der Waals surface area (Å²) in [6.45, 7) is 6.61. The second-order valence-electron chi connectivity index (χ2n) is 6.80. The molecule has 0 unspecified atom stereocenters. The highest BCUT2D eigenvalue weighted by Gasteiger charge is 2.19. The van der Waals surface area contributed by atoms with Crippen LogP contribution in [0.15, 0.2) is 36.4 Å². The van der Waals surface area contributed by atoms with Crippen LogP contribution >= 0.6 is 0 Å². The summed E-state index contributed by atoms with van der Waals surface area (Å²) in [5, 5.41) is 2.99. The summed E-state index contributed by atoms with van der Waals surface area (Å²) in [4.78, 5) is 12.5. The molecule has 2 rings (SSSR count).